The fourth-order valence-electron chi connectivity index (χ4n) is 2.43. The average Bonchev–Trinajstić information content (AvgIpc) is 2.60. The molecule has 1 saturated heterocycles. The number of likely N-dealkylation sites (tertiary alicyclic amines) is 1. The summed E-state index contributed by atoms with van der Waals surface area (Å²) in [6, 6.07) is 0.435. The van der Waals surface area contributed by atoms with Crippen LogP contribution < -0.4 is 0 Å². The molecule has 92 valence electrons. The first-order valence-corrected chi connectivity index (χ1v) is 5.63. The molecule has 0 aliphatic carbocycles. The van der Waals surface area contributed by atoms with Gasteiger partial charge in [0.05, 0.1) is 18.2 Å². The maximum absolute atomic E-state index is 5.67. The van der Waals surface area contributed by atoms with Crippen LogP contribution in [0.2, 0.25) is 0 Å². The van der Waals surface area contributed by atoms with Crippen molar-refractivity contribution in [1.29, 1.82) is 0 Å². The van der Waals surface area contributed by atoms with Crippen molar-refractivity contribution in [3.8, 4) is 0 Å². The molecule has 3 atom stereocenters. The number of likely N-dealkylation sites (N-methyl/N-ethyl adjacent to an activating group) is 1. The molecule has 0 aromatic rings. The second kappa shape index (κ2) is 7.20. The van der Waals surface area contributed by atoms with Crippen LogP contribution in [0.5, 0.6) is 0 Å². The fraction of sp³-hybridized carbons (Fsp3) is 1.00. The van der Waals surface area contributed by atoms with Gasteiger partial charge in [0, 0.05) is 20.3 Å². The Bertz CT molecular complexity index is 152. The molecule has 0 unspecified atom stereocenters. The molecule has 1 aliphatic heterocycles. The molecular weight excluding hydrogens is 190 g/mol. The summed E-state index contributed by atoms with van der Waals surface area (Å²) in [6.07, 6.45) is 1.75. The third-order valence-corrected chi connectivity index (χ3v) is 3.12. The number of hydrogen-bond donors (Lipinski definition) is 0. The van der Waals surface area contributed by atoms with Crippen molar-refractivity contribution in [2.75, 3.05) is 26.8 Å². The molecule has 15 heavy (non-hydrogen) atoms. The third-order valence-electron chi connectivity index (χ3n) is 3.12. The highest BCUT2D eigenvalue weighted by Gasteiger charge is 2.37. The van der Waals surface area contributed by atoms with Crippen molar-refractivity contribution >= 4 is 0 Å². The summed E-state index contributed by atoms with van der Waals surface area (Å²) >= 11 is 0. The lowest BCUT2D eigenvalue weighted by Gasteiger charge is -2.31. The Kier molecular flexibility index (Phi) is 7.14. The molecule has 0 N–H and O–H groups in total. The van der Waals surface area contributed by atoms with E-state index in [2.05, 4.69) is 18.7 Å². The lowest BCUT2D eigenvalue weighted by Crippen LogP contribution is -2.45. The van der Waals surface area contributed by atoms with Gasteiger partial charge >= 0.3 is 0 Å². The van der Waals surface area contributed by atoms with Crippen LogP contribution in [0.15, 0.2) is 0 Å². The molecule has 0 radical (unpaired) electrons. The summed E-state index contributed by atoms with van der Waals surface area (Å²) in [5.74, 6) is 0. The van der Waals surface area contributed by atoms with E-state index in [1.54, 1.807) is 7.11 Å². The molecule has 1 fully saturated rings. The summed E-state index contributed by atoms with van der Waals surface area (Å²) in [6.45, 7) is 9.39. The zero-order valence-electron chi connectivity index (χ0n) is 9.82. The minimum atomic E-state index is 0. The molecule has 1 rings (SSSR count). The summed E-state index contributed by atoms with van der Waals surface area (Å²) < 4.78 is 11.2. The Morgan fingerprint density at radius 1 is 1.40 bits per heavy atom. The average molecular weight is 217 g/mol. The summed E-state index contributed by atoms with van der Waals surface area (Å²) in [4.78, 5) is 2.45. The van der Waals surface area contributed by atoms with Gasteiger partial charge in [-0.1, -0.05) is 14.4 Å². The second-order valence-corrected chi connectivity index (χ2v) is 3.84. The van der Waals surface area contributed by atoms with E-state index in [-0.39, 0.29) is 13.5 Å². The maximum Gasteiger partial charge on any atom is 0.0763 e. The minimum absolute atomic E-state index is 0. The summed E-state index contributed by atoms with van der Waals surface area (Å²) in [5, 5.41) is 0. The van der Waals surface area contributed by atoms with Crippen molar-refractivity contribution in [3.05, 3.63) is 0 Å². The van der Waals surface area contributed by atoms with Crippen LogP contribution in [0.25, 0.3) is 0 Å². The van der Waals surface area contributed by atoms with Gasteiger partial charge in [-0.3, -0.25) is 4.90 Å². The first-order valence-electron chi connectivity index (χ1n) is 5.63. The van der Waals surface area contributed by atoms with Crippen LogP contribution in [-0.2, 0) is 9.47 Å². The number of rotatable bonds is 5. The lowest BCUT2D eigenvalue weighted by molar-refractivity contribution is -0.0319. The Hall–Kier alpha value is -0.120. The maximum atomic E-state index is 5.67. The van der Waals surface area contributed by atoms with Gasteiger partial charge in [-0.15, -0.1) is 0 Å². The van der Waals surface area contributed by atoms with Gasteiger partial charge in [-0.2, -0.15) is 0 Å². The highest BCUT2D eigenvalue weighted by atomic mass is 16.5. The van der Waals surface area contributed by atoms with E-state index in [0.717, 1.165) is 26.1 Å². The molecule has 0 aromatic heterocycles. The molecule has 3 heteroatoms. The van der Waals surface area contributed by atoms with Crippen molar-refractivity contribution in [1.82, 2.24) is 4.90 Å². The van der Waals surface area contributed by atoms with Gasteiger partial charge in [-0.05, 0) is 26.8 Å². The number of methoxy groups -OCH3 is 1. The van der Waals surface area contributed by atoms with E-state index in [4.69, 9.17) is 9.47 Å². The predicted molar refractivity (Wildman–Crippen MR) is 64.3 cm³/mol. The van der Waals surface area contributed by atoms with Gasteiger partial charge < -0.3 is 9.47 Å². The zero-order valence-corrected chi connectivity index (χ0v) is 9.82. The van der Waals surface area contributed by atoms with E-state index in [0.29, 0.717) is 12.1 Å². The van der Waals surface area contributed by atoms with Crippen LogP contribution in [-0.4, -0.2) is 50.0 Å². The summed E-state index contributed by atoms with van der Waals surface area (Å²) in [5.41, 5.74) is 0. The lowest BCUT2D eigenvalue weighted by atomic mass is 10.1. The van der Waals surface area contributed by atoms with Gasteiger partial charge in [0.25, 0.3) is 0 Å². The minimum Gasteiger partial charge on any atom is -0.380 e. The van der Waals surface area contributed by atoms with Crippen molar-refractivity contribution in [2.24, 2.45) is 0 Å². The molecule has 0 amide bonds. The van der Waals surface area contributed by atoms with E-state index < -0.39 is 0 Å². The van der Waals surface area contributed by atoms with E-state index in [1.807, 2.05) is 6.92 Å². The SMILES string of the molecule is C.CCO[C@@H](C)[C@@H]1[C@@H](OC)CCN1CC. The standard InChI is InChI=1S/C11H23NO2.CH4/c1-5-12-8-7-10(13-4)11(12)9(3)14-6-2;/h9-11H,5-8H2,1-4H3;1H4/t9-,10-,11+;/m0./s1. The Labute approximate surface area is 94.7 Å². The first kappa shape index (κ1) is 14.9. The van der Waals surface area contributed by atoms with Gasteiger partial charge in [0.2, 0.25) is 0 Å². The second-order valence-electron chi connectivity index (χ2n) is 3.84. The Balaban J connectivity index is 0.00000196. The highest BCUT2D eigenvalue weighted by molar-refractivity contribution is 4.91. The van der Waals surface area contributed by atoms with Gasteiger partial charge in [0.15, 0.2) is 0 Å². The zero-order chi connectivity index (χ0) is 10.6. The molecule has 3 nitrogen and oxygen atoms in total. The van der Waals surface area contributed by atoms with E-state index >= 15 is 0 Å². The van der Waals surface area contributed by atoms with Crippen LogP contribution in [0, 0.1) is 0 Å². The van der Waals surface area contributed by atoms with Crippen molar-refractivity contribution in [2.45, 2.75) is 52.9 Å². The number of nitrogens with zero attached hydrogens (tertiary/aromatic N) is 1. The quantitative estimate of drug-likeness (QED) is 0.704. The topological polar surface area (TPSA) is 21.7 Å². The monoisotopic (exact) mass is 217 g/mol. The Morgan fingerprint density at radius 3 is 2.53 bits per heavy atom. The van der Waals surface area contributed by atoms with Gasteiger partial charge in [0.1, 0.15) is 0 Å². The van der Waals surface area contributed by atoms with Crippen LogP contribution in [0.3, 0.4) is 0 Å². The van der Waals surface area contributed by atoms with Crippen molar-refractivity contribution in [3.63, 3.8) is 0 Å². The number of ether oxygens (including phenoxy) is 2. The number of hydrogen-bond acceptors (Lipinski definition) is 3. The predicted octanol–water partition coefficient (Wildman–Crippen LogP) is 2.16. The molecular formula is C12H27NO2. The van der Waals surface area contributed by atoms with Gasteiger partial charge in [-0.25, -0.2) is 0 Å². The smallest absolute Gasteiger partial charge is 0.0763 e. The third kappa shape index (κ3) is 3.44. The molecule has 0 saturated carbocycles. The molecule has 0 bridgehead atoms. The molecule has 1 aliphatic rings. The van der Waals surface area contributed by atoms with Crippen LogP contribution >= 0.6 is 0 Å². The summed E-state index contributed by atoms with van der Waals surface area (Å²) in [7, 11) is 1.80. The fourth-order valence-corrected chi connectivity index (χ4v) is 2.43. The van der Waals surface area contributed by atoms with Crippen molar-refractivity contribution < 1.29 is 9.47 Å². The van der Waals surface area contributed by atoms with Crippen LogP contribution in [0.4, 0.5) is 0 Å². The van der Waals surface area contributed by atoms with E-state index in [1.165, 1.54) is 0 Å². The largest absolute Gasteiger partial charge is 0.380 e. The Morgan fingerprint density at radius 2 is 2.07 bits per heavy atom. The van der Waals surface area contributed by atoms with E-state index in [9.17, 15) is 0 Å². The van der Waals surface area contributed by atoms with Crippen LogP contribution in [0.1, 0.15) is 34.6 Å². The highest BCUT2D eigenvalue weighted by Crippen LogP contribution is 2.24. The first-order chi connectivity index (χ1) is 6.74. The normalized spacial score (nSPS) is 28.8. The molecule has 1 heterocycles. The molecule has 0 aromatic carbocycles. The molecule has 0 spiro atoms.